The number of halogens is 1. The van der Waals surface area contributed by atoms with Crippen molar-refractivity contribution >= 4 is 23.8 Å². The summed E-state index contributed by atoms with van der Waals surface area (Å²) in [6.07, 6.45) is 4.03. The number of nitrogens with one attached hydrogen (secondary N) is 4. The Kier molecular flexibility index (Phi) is 8.65. The fourth-order valence-corrected chi connectivity index (χ4v) is 4.53. The Bertz CT molecular complexity index is 1140. The highest BCUT2D eigenvalue weighted by molar-refractivity contribution is 5.78. The summed E-state index contributed by atoms with van der Waals surface area (Å²) >= 11 is 0. The zero-order valence-electron chi connectivity index (χ0n) is 20.8. The zero-order valence-corrected chi connectivity index (χ0v) is 20.8. The highest BCUT2D eigenvalue weighted by Gasteiger charge is 2.27. The van der Waals surface area contributed by atoms with Crippen molar-refractivity contribution in [1.82, 2.24) is 20.3 Å². The molecule has 1 saturated carbocycles. The lowest BCUT2D eigenvalue weighted by atomic mass is 9.85. The molecule has 8 nitrogen and oxygen atoms in total. The van der Waals surface area contributed by atoms with Gasteiger partial charge in [-0.15, -0.1) is 0 Å². The molecule has 0 spiro atoms. The fraction of sp³-hybridized carbons (Fsp3) is 0.407. The molecule has 9 heteroatoms. The Morgan fingerprint density at radius 1 is 0.944 bits per heavy atom. The first kappa shape index (κ1) is 25.3. The van der Waals surface area contributed by atoms with E-state index < -0.39 is 0 Å². The van der Waals surface area contributed by atoms with Crippen LogP contribution in [0.1, 0.15) is 56.2 Å². The van der Waals surface area contributed by atoms with Gasteiger partial charge in [0.15, 0.2) is 0 Å². The van der Waals surface area contributed by atoms with Crippen LogP contribution in [0.15, 0.2) is 54.6 Å². The number of nitrogens with zero attached hydrogens (tertiary/aromatic N) is 3. The van der Waals surface area contributed by atoms with Gasteiger partial charge in [-0.3, -0.25) is 4.79 Å². The van der Waals surface area contributed by atoms with Crippen molar-refractivity contribution < 1.29 is 9.18 Å². The van der Waals surface area contributed by atoms with Crippen molar-refractivity contribution in [3.63, 3.8) is 0 Å². The number of amides is 1. The molecule has 4 N–H and O–H groups in total. The first-order valence-corrected chi connectivity index (χ1v) is 12.6. The van der Waals surface area contributed by atoms with E-state index in [0.717, 1.165) is 32.1 Å². The largest absolute Gasteiger partial charge is 0.357 e. The molecule has 1 amide bonds. The number of hydrogen-bond acceptors (Lipinski definition) is 7. The Labute approximate surface area is 211 Å². The van der Waals surface area contributed by atoms with E-state index in [9.17, 15) is 9.18 Å². The van der Waals surface area contributed by atoms with Gasteiger partial charge in [0.05, 0.1) is 6.04 Å². The topological polar surface area (TPSA) is 104 Å². The maximum Gasteiger partial charge on any atom is 0.229 e. The summed E-state index contributed by atoms with van der Waals surface area (Å²) in [7, 11) is 1.78. The van der Waals surface area contributed by atoms with Crippen molar-refractivity contribution in [2.45, 2.75) is 57.7 Å². The van der Waals surface area contributed by atoms with Crippen molar-refractivity contribution in [2.24, 2.45) is 5.92 Å². The molecule has 0 bridgehead atoms. The highest BCUT2D eigenvalue weighted by atomic mass is 19.1. The van der Waals surface area contributed by atoms with Crippen molar-refractivity contribution in [3.8, 4) is 0 Å². The number of carbonyl (C=O) groups is 1. The van der Waals surface area contributed by atoms with Crippen LogP contribution in [-0.2, 0) is 11.3 Å². The molecule has 1 fully saturated rings. The number of carbonyl (C=O) groups excluding carboxylic acids is 1. The van der Waals surface area contributed by atoms with Crippen LogP contribution in [-0.4, -0.2) is 33.9 Å². The van der Waals surface area contributed by atoms with E-state index in [1.165, 1.54) is 11.6 Å². The Morgan fingerprint density at radius 3 is 2.31 bits per heavy atom. The van der Waals surface area contributed by atoms with Gasteiger partial charge in [-0.1, -0.05) is 55.5 Å². The minimum Gasteiger partial charge on any atom is -0.357 e. The number of aromatic nitrogens is 3. The van der Waals surface area contributed by atoms with Crippen LogP contribution in [0.5, 0.6) is 0 Å². The molecule has 1 heterocycles. The van der Waals surface area contributed by atoms with Crippen LogP contribution in [0.3, 0.4) is 0 Å². The Hall–Kier alpha value is -3.75. The summed E-state index contributed by atoms with van der Waals surface area (Å²) in [6, 6.07) is 17.0. The van der Waals surface area contributed by atoms with Crippen LogP contribution in [0.4, 0.5) is 22.2 Å². The second-order valence-electron chi connectivity index (χ2n) is 9.07. The van der Waals surface area contributed by atoms with Gasteiger partial charge >= 0.3 is 0 Å². The van der Waals surface area contributed by atoms with Gasteiger partial charge < -0.3 is 21.3 Å². The third-order valence-corrected chi connectivity index (χ3v) is 6.61. The Morgan fingerprint density at radius 2 is 1.61 bits per heavy atom. The number of rotatable bonds is 10. The molecule has 0 unspecified atom stereocenters. The van der Waals surface area contributed by atoms with E-state index in [0.29, 0.717) is 23.4 Å². The maximum atomic E-state index is 13.8. The van der Waals surface area contributed by atoms with Gasteiger partial charge in [0.25, 0.3) is 0 Å². The lowest BCUT2D eigenvalue weighted by molar-refractivity contribution is -0.126. The van der Waals surface area contributed by atoms with Gasteiger partial charge in [-0.25, -0.2) is 4.39 Å². The van der Waals surface area contributed by atoms with Crippen molar-refractivity contribution in [3.05, 3.63) is 71.5 Å². The van der Waals surface area contributed by atoms with Crippen LogP contribution in [0.25, 0.3) is 0 Å². The molecule has 3 aromatic rings. The summed E-state index contributed by atoms with van der Waals surface area (Å²) < 4.78 is 13.8. The van der Waals surface area contributed by atoms with E-state index in [-0.39, 0.29) is 36.3 Å². The average molecular weight is 492 g/mol. The first-order chi connectivity index (χ1) is 17.6. The van der Waals surface area contributed by atoms with Crippen molar-refractivity contribution in [2.75, 3.05) is 23.0 Å². The minimum absolute atomic E-state index is 0.0210. The van der Waals surface area contributed by atoms with E-state index in [1.807, 2.05) is 18.2 Å². The van der Waals surface area contributed by atoms with E-state index in [4.69, 9.17) is 0 Å². The predicted octanol–water partition coefficient (Wildman–Crippen LogP) is 4.90. The molecular formula is C27H34FN7O. The molecule has 1 aromatic heterocycles. The molecule has 190 valence electrons. The lowest BCUT2D eigenvalue weighted by Crippen LogP contribution is -2.36. The number of benzene rings is 2. The third kappa shape index (κ3) is 6.68. The number of anilines is 3. The summed E-state index contributed by atoms with van der Waals surface area (Å²) in [5.74, 6) is 1.11. The SMILES string of the molecule is CC[C@@H](Nc1nc(NC)nc(NC2CCC(C(=O)NCc3ccccc3F)CC2)n1)c1ccccc1. The van der Waals surface area contributed by atoms with Crippen molar-refractivity contribution in [1.29, 1.82) is 0 Å². The second kappa shape index (κ2) is 12.3. The molecule has 0 aliphatic heterocycles. The minimum atomic E-state index is -0.299. The summed E-state index contributed by atoms with van der Waals surface area (Å²) in [4.78, 5) is 26.2. The molecule has 36 heavy (non-hydrogen) atoms. The average Bonchev–Trinajstić information content (AvgIpc) is 2.92. The molecule has 1 aliphatic rings. The van der Waals surface area contributed by atoms with E-state index in [2.05, 4.69) is 55.3 Å². The fourth-order valence-electron chi connectivity index (χ4n) is 4.53. The molecular weight excluding hydrogens is 457 g/mol. The standard InChI is InChI=1S/C27H34FN7O/c1-3-23(18-9-5-4-6-10-18)32-27-34-25(29-2)33-26(35-27)31-21-15-13-19(14-16-21)24(36)30-17-20-11-7-8-12-22(20)28/h4-12,19,21,23H,3,13-17H2,1-2H3,(H,30,36)(H3,29,31,32,33,34,35)/t19?,21?,23-/m1/s1. The smallest absolute Gasteiger partial charge is 0.229 e. The predicted molar refractivity (Wildman–Crippen MR) is 140 cm³/mol. The monoisotopic (exact) mass is 491 g/mol. The van der Waals surface area contributed by atoms with Gasteiger partial charge in [-0.05, 0) is 43.7 Å². The Balaban J connectivity index is 1.32. The van der Waals surface area contributed by atoms with Crippen LogP contribution in [0.2, 0.25) is 0 Å². The van der Waals surface area contributed by atoms with Gasteiger partial charge in [0.1, 0.15) is 5.82 Å². The first-order valence-electron chi connectivity index (χ1n) is 12.6. The molecule has 0 radical (unpaired) electrons. The maximum absolute atomic E-state index is 13.8. The summed E-state index contributed by atoms with van der Waals surface area (Å²) in [5.41, 5.74) is 1.67. The quantitative estimate of drug-likeness (QED) is 0.320. The molecule has 1 atom stereocenters. The third-order valence-electron chi connectivity index (χ3n) is 6.61. The van der Waals surface area contributed by atoms with Crippen LogP contribution < -0.4 is 21.3 Å². The van der Waals surface area contributed by atoms with Crippen LogP contribution >= 0.6 is 0 Å². The normalized spacial score (nSPS) is 18.2. The van der Waals surface area contributed by atoms with E-state index in [1.54, 1.807) is 25.2 Å². The van der Waals surface area contributed by atoms with Gasteiger partial charge in [-0.2, -0.15) is 15.0 Å². The molecule has 4 rings (SSSR count). The number of hydrogen-bond donors (Lipinski definition) is 4. The molecule has 1 aliphatic carbocycles. The van der Waals surface area contributed by atoms with Gasteiger partial charge in [0, 0.05) is 31.1 Å². The molecule has 2 aromatic carbocycles. The van der Waals surface area contributed by atoms with E-state index >= 15 is 0 Å². The lowest BCUT2D eigenvalue weighted by Gasteiger charge is -2.28. The highest BCUT2D eigenvalue weighted by Crippen LogP contribution is 2.27. The molecule has 0 saturated heterocycles. The van der Waals surface area contributed by atoms with Crippen LogP contribution in [0, 0.1) is 11.7 Å². The second-order valence-corrected chi connectivity index (χ2v) is 9.07. The summed E-state index contributed by atoms with van der Waals surface area (Å²) in [6.45, 7) is 2.33. The summed E-state index contributed by atoms with van der Waals surface area (Å²) in [5, 5.41) is 12.7. The van der Waals surface area contributed by atoms with Gasteiger partial charge in [0.2, 0.25) is 23.8 Å². The zero-order chi connectivity index (χ0) is 25.3.